The summed E-state index contributed by atoms with van der Waals surface area (Å²) < 4.78 is 0. The number of hydrogen-bond acceptors (Lipinski definition) is 2. The van der Waals surface area contributed by atoms with E-state index in [-0.39, 0.29) is 23.8 Å². The highest BCUT2D eigenvalue weighted by Crippen LogP contribution is 2.35. The van der Waals surface area contributed by atoms with Crippen molar-refractivity contribution in [1.82, 2.24) is 10.2 Å². The Balaban J connectivity index is 2.35. The highest BCUT2D eigenvalue weighted by molar-refractivity contribution is 5.84. The van der Waals surface area contributed by atoms with Gasteiger partial charge in [0.05, 0.1) is 12.0 Å². The van der Waals surface area contributed by atoms with Crippen LogP contribution in [0, 0.1) is 5.92 Å². The van der Waals surface area contributed by atoms with Gasteiger partial charge in [-0.25, -0.2) is 0 Å². The van der Waals surface area contributed by atoms with E-state index in [4.69, 9.17) is 0 Å². The monoisotopic (exact) mass is 246 g/mol. The number of hydrogen-bond donors (Lipinski definition) is 1. The molecule has 2 amide bonds. The number of likely N-dealkylation sites (tertiary alicyclic amines) is 1. The van der Waals surface area contributed by atoms with E-state index >= 15 is 0 Å². The van der Waals surface area contributed by atoms with Gasteiger partial charge in [0.15, 0.2) is 0 Å². The van der Waals surface area contributed by atoms with E-state index in [1.807, 2.05) is 30.3 Å². The molecule has 2 unspecified atom stereocenters. The Morgan fingerprint density at radius 1 is 1.33 bits per heavy atom. The summed E-state index contributed by atoms with van der Waals surface area (Å²) in [5.41, 5.74) is 1.02. The van der Waals surface area contributed by atoms with E-state index < -0.39 is 0 Å². The van der Waals surface area contributed by atoms with Crippen molar-refractivity contribution in [2.75, 3.05) is 14.1 Å². The van der Waals surface area contributed by atoms with Gasteiger partial charge in [-0.05, 0) is 12.0 Å². The first-order valence-corrected chi connectivity index (χ1v) is 6.17. The lowest BCUT2D eigenvalue weighted by atomic mass is 9.84. The quantitative estimate of drug-likeness (QED) is 0.856. The van der Waals surface area contributed by atoms with Crippen molar-refractivity contribution in [2.45, 2.75) is 18.9 Å². The normalized spacial score (nSPS) is 23.9. The van der Waals surface area contributed by atoms with E-state index in [0.717, 1.165) is 5.56 Å². The van der Waals surface area contributed by atoms with Crippen molar-refractivity contribution >= 4 is 11.8 Å². The number of nitrogens with one attached hydrogen (secondary N) is 1. The molecule has 0 radical (unpaired) electrons. The summed E-state index contributed by atoms with van der Waals surface area (Å²) in [7, 11) is 3.41. The van der Waals surface area contributed by atoms with E-state index in [1.54, 1.807) is 19.0 Å². The maximum Gasteiger partial charge on any atom is 0.225 e. The van der Waals surface area contributed by atoms with Gasteiger partial charge in [-0.15, -0.1) is 0 Å². The van der Waals surface area contributed by atoms with Crippen LogP contribution >= 0.6 is 0 Å². The third kappa shape index (κ3) is 2.23. The molecule has 1 fully saturated rings. The summed E-state index contributed by atoms with van der Waals surface area (Å²) in [6.45, 7) is 0. The molecule has 2 atom stereocenters. The van der Waals surface area contributed by atoms with Gasteiger partial charge < -0.3 is 10.2 Å². The second-order valence-electron chi connectivity index (χ2n) is 4.62. The summed E-state index contributed by atoms with van der Waals surface area (Å²) in [6.07, 6.45) is 1.06. The van der Waals surface area contributed by atoms with E-state index in [2.05, 4.69) is 5.32 Å². The molecule has 1 saturated heterocycles. The number of piperidine rings is 1. The third-order valence-corrected chi connectivity index (χ3v) is 3.59. The van der Waals surface area contributed by atoms with Gasteiger partial charge >= 0.3 is 0 Å². The molecule has 4 nitrogen and oxygen atoms in total. The summed E-state index contributed by atoms with van der Waals surface area (Å²) in [6, 6.07) is 9.58. The van der Waals surface area contributed by atoms with Crippen LogP contribution in [0.3, 0.4) is 0 Å². The topological polar surface area (TPSA) is 49.4 Å². The SMILES string of the molecule is CNC(=O)C1CCC(=O)N(C)C1c1ccccc1. The van der Waals surface area contributed by atoms with E-state index in [1.165, 1.54) is 0 Å². The number of carbonyl (C=O) groups excluding carboxylic acids is 2. The van der Waals surface area contributed by atoms with Crippen LogP contribution in [0.1, 0.15) is 24.4 Å². The molecule has 1 aliphatic rings. The second-order valence-corrected chi connectivity index (χ2v) is 4.62. The Labute approximate surface area is 107 Å². The molecule has 0 aliphatic carbocycles. The standard InChI is InChI=1S/C14H18N2O2/c1-15-14(18)11-8-9-12(17)16(2)13(11)10-6-4-3-5-7-10/h3-7,11,13H,8-9H2,1-2H3,(H,15,18). The highest BCUT2D eigenvalue weighted by Gasteiger charge is 2.38. The Kier molecular flexibility index (Phi) is 3.65. The van der Waals surface area contributed by atoms with Crippen LogP contribution in [0.15, 0.2) is 30.3 Å². The molecule has 0 spiro atoms. The van der Waals surface area contributed by atoms with Crippen LogP contribution in [-0.2, 0) is 9.59 Å². The van der Waals surface area contributed by atoms with E-state index in [0.29, 0.717) is 12.8 Å². The lowest BCUT2D eigenvalue weighted by Gasteiger charge is -2.38. The minimum Gasteiger partial charge on any atom is -0.359 e. The van der Waals surface area contributed by atoms with Gasteiger partial charge in [-0.1, -0.05) is 30.3 Å². The number of nitrogens with zero attached hydrogens (tertiary/aromatic N) is 1. The molecule has 96 valence electrons. The molecule has 1 aromatic rings. The second kappa shape index (κ2) is 5.21. The third-order valence-electron chi connectivity index (χ3n) is 3.59. The Bertz CT molecular complexity index is 444. The molecule has 1 aliphatic heterocycles. The smallest absolute Gasteiger partial charge is 0.225 e. The van der Waals surface area contributed by atoms with Crippen molar-refractivity contribution in [3.05, 3.63) is 35.9 Å². The molecule has 1 N–H and O–H groups in total. The first-order chi connectivity index (χ1) is 8.65. The van der Waals surface area contributed by atoms with Gasteiger partial charge in [0.25, 0.3) is 0 Å². The lowest BCUT2D eigenvalue weighted by molar-refractivity contribution is -0.141. The van der Waals surface area contributed by atoms with Crippen LogP contribution in [0.4, 0.5) is 0 Å². The summed E-state index contributed by atoms with van der Waals surface area (Å²) in [5, 5.41) is 2.69. The van der Waals surface area contributed by atoms with Crippen molar-refractivity contribution in [3.63, 3.8) is 0 Å². The molecule has 18 heavy (non-hydrogen) atoms. The van der Waals surface area contributed by atoms with Gasteiger partial charge in [-0.3, -0.25) is 9.59 Å². The molecule has 1 aromatic carbocycles. The minimum absolute atomic E-state index is 0.00297. The summed E-state index contributed by atoms with van der Waals surface area (Å²) >= 11 is 0. The Morgan fingerprint density at radius 2 is 2.00 bits per heavy atom. The molecule has 0 saturated carbocycles. The fourth-order valence-corrected chi connectivity index (χ4v) is 2.60. The minimum atomic E-state index is -0.167. The van der Waals surface area contributed by atoms with Gasteiger partial charge in [0, 0.05) is 20.5 Å². The maximum absolute atomic E-state index is 12.0. The number of benzene rings is 1. The van der Waals surface area contributed by atoms with Crippen LogP contribution in [0.2, 0.25) is 0 Å². The van der Waals surface area contributed by atoms with Crippen molar-refractivity contribution in [1.29, 1.82) is 0 Å². The van der Waals surface area contributed by atoms with Crippen LogP contribution in [0.5, 0.6) is 0 Å². The lowest BCUT2D eigenvalue weighted by Crippen LogP contribution is -2.45. The Morgan fingerprint density at radius 3 is 2.61 bits per heavy atom. The fourth-order valence-electron chi connectivity index (χ4n) is 2.60. The van der Waals surface area contributed by atoms with Crippen LogP contribution in [0.25, 0.3) is 0 Å². The number of carbonyl (C=O) groups is 2. The first-order valence-electron chi connectivity index (χ1n) is 6.17. The predicted molar refractivity (Wildman–Crippen MR) is 68.7 cm³/mol. The van der Waals surface area contributed by atoms with Gasteiger partial charge in [-0.2, -0.15) is 0 Å². The van der Waals surface area contributed by atoms with Crippen molar-refractivity contribution in [2.24, 2.45) is 5.92 Å². The van der Waals surface area contributed by atoms with Gasteiger partial charge in [0.2, 0.25) is 11.8 Å². The molecule has 0 aromatic heterocycles. The highest BCUT2D eigenvalue weighted by atomic mass is 16.2. The van der Waals surface area contributed by atoms with Crippen molar-refractivity contribution in [3.8, 4) is 0 Å². The van der Waals surface area contributed by atoms with Crippen molar-refractivity contribution < 1.29 is 9.59 Å². The molecule has 4 heteroatoms. The first kappa shape index (κ1) is 12.6. The zero-order valence-electron chi connectivity index (χ0n) is 10.7. The van der Waals surface area contributed by atoms with E-state index in [9.17, 15) is 9.59 Å². The average Bonchev–Trinajstić information content (AvgIpc) is 2.41. The molecular formula is C14H18N2O2. The average molecular weight is 246 g/mol. The predicted octanol–water partition coefficient (Wildman–Crippen LogP) is 1.34. The zero-order chi connectivity index (χ0) is 13.1. The number of amides is 2. The molecule has 0 bridgehead atoms. The largest absolute Gasteiger partial charge is 0.359 e. The molecule has 1 heterocycles. The van der Waals surface area contributed by atoms with Crippen LogP contribution in [-0.4, -0.2) is 30.8 Å². The van der Waals surface area contributed by atoms with Crippen LogP contribution < -0.4 is 5.32 Å². The summed E-state index contributed by atoms with van der Waals surface area (Å²) in [5.74, 6) is -0.0627. The zero-order valence-corrected chi connectivity index (χ0v) is 10.7. The number of rotatable bonds is 2. The molecule has 2 rings (SSSR count). The van der Waals surface area contributed by atoms with Gasteiger partial charge in [0.1, 0.15) is 0 Å². The Hall–Kier alpha value is -1.84. The fraction of sp³-hybridized carbons (Fsp3) is 0.429. The maximum atomic E-state index is 12.0. The summed E-state index contributed by atoms with van der Waals surface area (Å²) in [4.78, 5) is 25.5. The molecular weight excluding hydrogens is 228 g/mol.